The minimum Gasteiger partial charge on any atom is -0.324 e. The zero-order chi connectivity index (χ0) is 19.2. The Labute approximate surface area is 164 Å². The van der Waals surface area contributed by atoms with Crippen LogP contribution in [0.2, 0.25) is 0 Å². The Balaban J connectivity index is 2.09. The quantitative estimate of drug-likeness (QED) is 0.485. The van der Waals surface area contributed by atoms with Crippen molar-refractivity contribution in [3.05, 3.63) is 40.3 Å². The van der Waals surface area contributed by atoms with E-state index >= 15 is 0 Å². The molecule has 1 aromatic carbocycles. The number of quaternary nitrogens is 1. The van der Waals surface area contributed by atoms with Crippen molar-refractivity contribution in [3.8, 4) is 0 Å². The number of allylic oxidation sites excluding steroid dienone is 2. The summed E-state index contributed by atoms with van der Waals surface area (Å²) in [5.74, 6) is 0.981. The molecule has 0 aliphatic carbocycles. The molecule has 1 aliphatic rings. The maximum absolute atomic E-state index is 12.7. The van der Waals surface area contributed by atoms with Crippen LogP contribution >= 0.6 is 11.8 Å². The van der Waals surface area contributed by atoms with Gasteiger partial charge in [-0.05, 0) is 55.7 Å². The number of hydrogen-bond acceptors (Lipinski definition) is 2. The van der Waals surface area contributed by atoms with E-state index in [1.165, 1.54) is 36.5 Å². The first-order chi connectivity index (χ1) is 12.5. The van der Waals surface area contributed by atoms with Crippen molar-refractivity contribution in [3.63, 3.8) is 0 Å². The first-order valence-electron chi connectivity index (χ1n) is 10.3. The number of benzene rings is 1. The van der Waals surface area contributed by atoms with Crippen LogP contribution in [0.3, 0.4) is 0 Å². The maximum Gasteiger partial charge on any atom is 0.168 e. The lowest BCUT2D eigenvalue weighted by Gasteiger charge is -2.36. The average Bonchev–Trinajstić information content (AvgIpc) is 2.68. The number of carbonyl (C=O) groups is 1. The van der Waals surface area contributed by atoms with E-state index in [4.69, 9.17) is 0 Å². The number of hydrogen-bond donors (Lipinski definition) is 0. The second kappa shape index (κ2) is 9.75. The van der Waals surface area contributed by atoms with E-state index in [1.807, 2.05) is 0 Å². The highest BCUT2D eigenvalue weighted by atomic mass is 32.2. The highest BCUT2D eigenvalue weighted by molar-refractivity contribution is 8.03. The summed E-state index contributed by atoms with van der Waals surface area (Å²) < 4.78 is 1.16. The average molecular weight is 375 g/mol. The third-order valence-electron chi connectivity index (χ3n) is 6.25. The summed E-state index contributed by atoms with van der Waals surface area (Å²) >= 11 is 1.80. The molecule has 26 heavy (non-hydrogen) atoms. The number of fused-ring (bicyclic) bond motifs is 1. The molecule has 2 rings (SSSR count). The topological polar surface area (TPSA) is 17.1 Å². The Bertz CT molecular complexity index is 637. The fraction of sp³-hybridized carbons (Fsp3) is 0.609. The van der Waals surface area contributed by atoms with E-state index in [2.05, 4.69) is 58.9 Å². The number of nitrogens with zero attached hydrogens (tertiary/aromatic N) is 1. The van der Waals surface area contributed by atoms with E-state index in [1.54, 1.807) is 11.8 Å². The summed E-state index contributed by atoms with van der Waals surface area (Å²) in [4.78, 5) is 15.0. The van der Waals surface area contributed by atoms with Gasteiger partial charge in [0.25, 0.3) is 0 Å². The van der Waals surface area contributed by atoms with Crippen molar-refractivity contribution in [1.82, 2.24) is 0 Å². The van der Waals surface area contributed by atoms with Gasteiger partial charge >= 0.3 is 0 Å². The van der Waals surface area contributed by atoms with Gasteiger partial charge in [0.15, 0.2) is 5.78 Å². The fourth-order valence-electron chi connectivity index (χ4n) is 3.59. The number of likely N-dealkylation sites (N-methyl/N-ethyl adjacent to an activating group) is 1. The van der Waals surface area contributed by atoms with Crippen LogP contribution < -0.4 is 0 Å². The van der Waals surface area contributed by atoms with E-state index in [9.17, 15) is 4.79 Å². The second-order valence-electron chi connectivity index (χ2n) is 7.72. The van der Waals surface area contributed by atoms with E-state index in [-0.39, 0.29) is 0 Å². The molecule has 2 nitrogen and oxygen atoms in total. The van der Waals surface area contributed by atoms with Crippen LogP contribution in [0, 0.1) is 5.92 Å². The molecule has 1 aliphatic heterocycles. The van der Waals surface area contributed by atoms with Crippen LogP contribution in [0.15, 0.2) is 34.1 Å². The largest absolute Gasteiger partial charge is 0.324 e. The summed E-state index contributed by atoms with van der Waals surface area (Å²) in [5.41, 5.74) is 2.25. The maximum atomic E-state index is 12.7. The van der Waals surface area contributed by atoms with Crippen LogP contribution in [-0.2, 0) is 6.42 Å². The summed E-state index contributed by atoms with van der Waals surface area (Å²) in [6, 6.07) is 6.56. The lowest BCUT2D eigenvalue weighted by Crippen LogP contribution is -2.48. The molecule has 0 saturated carbocycles. The fourth-order valence-corrected chi connectivity index (χ4v) is 4.68. The Hall–Kier alpha value is -1.06. The molecule has 0 amide bonds. The summed E-state index contributed by atoms with van der Waals surface area (Å²) in [7, 11) is 0. The van der Waals surface area contributed by atoms with Crippen molar-refractivity contribution in [2.75, 3.05) is 26.2 Å². The zero-order valence-electron chi connectivity index (χ0n) is 17.3. The van der Waals surface area contributed by atoms with Crippen LogP contribution in [0.25, 0.3) is 0 Å². The summed E-state index contributed by atoms with van der Waals surface area (Å²) in [6.45, 7) is 16.0. The van der Waals surface area contributed by atoms with Crippen LogP contribution in [0.4, 0.5) is 0 Å². The van der Waals surface area contributed by atoms with Crippen molar-refractivity contribution in [1.29, 1.82) is 0 Å². The number of carbonyl (C=O) groups excluding carboxylic acids is 1. The Morgan fingerprint density at radius 2 is 1.85 bits per heavy atom. The molecular weight excluding hydrogens is 338 g/mol. The Morgan fingerprint density at radius 3 is 2.46 bits per heavy atom. The highest BCUT2D eigenvalue weighted by Crippen LogP contribution is 2.39. The standard InChI is InChI=1S/C23H36NOS/c1-6-18(5)10-12-20-17-22(25)21-16-19(11-13-23(21)26-20)14-15-24(7-2,8-3)9-4/h11-13,16,18H,6-10,14-15,17H2,1-5H3/q+1/b20-12+. The number of Topliss-reactive ketones (excluding diaryl/α,β-unsaturated/α-hetero) is 1. The van der Waals surface area contributed by atoms with Crippen LogP contribution in [0.1, 0.15) is 69.8 Å². The molecule has 0 fully saturated rings. The van der Waals surface area contributed by atoms with Crippen molar-refractivity contribution in [2.24, 2.45) is 5.92 Å². The summed E-state index contributed by atoms with van der Waals surface area (Å²) in [5, 5.41) is 0. The van der Waals surface area contributed by atoms with Gasteiger partial charge in [-0.1, -0.05) is 44.2 Å². The van der Waals surface area contributed by atoms with E-state index < -0.39 is 0 Å². The van der Waals surface area contributed by atoms with Crippen LogP contribution in [-0.4, -0.2) is 36.4 Å². The molecular formula is C23H36NOS+. The molecule has 0 N–H and O–H groups in total. The molecule has 0 spiro atoms. The van der Waals surface area contributed by atoms with Crippen LogP contribution in [0.5, 0.6) is 0 Å². The zero-order valence-corrected chi connectivity index (χ0v) is 18.1. The third-order valence-corrected chi connectivity index (χ3v) is 7.40. The normalized spacial score (nSPS) is 17.4. The molecule has 0 aromatic heterocycles. The first kappa shape index (κ1) is 21.2. The molecule has 0 bridgehead atoms. The smallest absolute Gasteiger partial charge is 0.168 e. The molecule has 1 aromatic rings. The molecule has 1 atom stereocenters. The van der Waals surface area contributed by atoms with Gasteiger partial charge in [0, 0.05) is 23.3 Å². The monoisotopic (exact) mass is 374 g/mol. The first-order valence-corrected chi connectivity index (χ1v) is 11.2. The molecule has 144 valence electrons. The van der Waals surface area contributed by atoms with Gasteiger partial charge in [0.2, 0.25) is 0 Å². The van der Waals surface area contributed by atoms with Gasteiger partial charge in [0.1, 0.15) is 0 Å². The van der Waals surface area contributed by atoms with Gasteiger partial charge in [-0.15, -0.1) is 0 Å². The lowest BCUT2D eigenvalue weighted by molar-refractivity contribution is -0.923. The van der Waals surface area contributed by atoms with Gasteiger partial charge in [-0.2, -0.15) is 0 Å². The third kappa shape index (κ3) is 5.23. The predicted molar refractivity (Wildman–Crippen MR) is 114 cm³/mol. The number of rotatable bonds is 9. The minimum atomic E-state index is 0.290. The van der Waals surface area contributed by atoms with Gasteiger partial charge in [-0.3, -0.25) is 4.79 Å². The minimum absolute atomic E-state index is 0.290. The van der Waals surface area contributed by atoms with Gasteiger partial charge in [0.05, 0.1) is 26.2 Å². The van der Waals surface area contributed by atoms with Gasteiger partial charge < -0.3 is 4.48 Å². The van der Waals surface area contributed by atoms with E-state index in [0.717, 1.165) is 34.3 Å². The Kier molecular flexibility index (Phi) is 7.97. The van der Waals surface area contributed by atoms with Crippen molar-refractivity contribution in [2.45, 2.75) is 65.2 Å². The molecule has 1 unspecified atom stereocenters. The number of ketones is 1. The Morgan fingerprint density at radius 1 is 1.15 bits per heavy atom. The SMILES string of the molecule is CCC(C)C/C=C1\CC(=O)c2cc(CC[N+](CC)(CC)CC)ccc2S1. The molecule has 0 radical (unpaired) electrons. The second-order valence-corrected chi connectivity index (χ2v) is 8.88. The summed E-state index contributed by atoms with van der Waals surface area (Å²) in [6.07, 6.45) is 6.18. The van der Waals surface area contributed by atoms with E-state index in [0.29, 0.717) is 18.1 Å². The van der Waals surface area contributed by atoms with Crippen molar-refractivity contribution < 1.29 is 9.28 Å². The highest BCUT2D eigenvalue weighted by Gasteiger charge is 2.23. The predicted octanol–water partition coefficient (Wildman–Crippen LogP) is 6.10. The number of thioether (sulfide) groups is 1. The van der Waals surface area contributed by atoms with Crippen molar-refractivity contribution >= 4 is 17.5 Å². The molecule has 3 heteroatoms. The lowest BCUT2D eigenvalue weighted by atomic mass is 10.0. The van der Waals surface area contributed by atoms with Gasteiger partial charge in [-0.25, -0.2) is 0 Å². The molecule has 0 saturated heterocycles. The molecule has 1 heterocycles.